The molecule has 1 aliphatic rings. The Morgan fingerprint density at radius 1 is 1.50 bits per heavy atom. The molecule has 3 N–H and O–H groups in total. The van der Waals surface area contributed by atoms with Crippen LogP contribution < -0.4 is 11.3 Å². The molecule has 0 spiro atoms. The van der Waals surface area contributed by atoms with Crippen molar-refractivity contribution >= 4 is 11.6 Å². The van der Waals surface area contributed by atoms with Crippen molar-refractivity contribution in [3.05, 3.63) is 51.8 Å². The third-order valence-electron chi connectivity index (χ3n) is 4.29. The molecule has 0 aliphatic heterocycles. The lowest BCUT2D eigenvalue weighted by Gasteiger charge is -2.36. The lowest BCUT2D eigenvalue weighted by atomic mass is 9.72. The number of benzene rings is 1. The molecular formula is C15H19ClN4. The molecule has 4 nitrogen and oxygen atoms in total. The summed E-state index contributed by atoms with van der Waals surface area (Å²) < 4.78 is 1.72. The molecule has 0 fully saturated rings. The second kappa shape index (κ2) is 5.20. The molecule has 3 rings (SSSR count). The zero-order chi connectivity index (χ0) is 14.3. The van der Waals surface area contributed by atoms with Gasteiger partial charge in [-0.25, -0.2) is 0 Å². The summed E-state index contributed by atoms with van der Waals surface area (Å²) >= 11 is 6.31. The number of hydrogen-bond acceptors (Lipinski definition) is 3. The van der Waals surface area contributed by atoms with Gasteiger partial charge in [0.05, 0.1) is 5.69 Å². The summed E-state index contributed by atoms with van der Waals surface area (Å²) in [7, 11) is 1.86. The Bertz CT molecular complexity index is 635. The van der Waals surface area contributed by atoms with Gasteiger partial charge < -0.3 is 0 Å². The molecule has 2 atom stereocenters. The van der Waals surface area contributed by atoms with Gasteiger partial charge in [-0.3, -0.25) is 16.0 Å². The smallest absolute Gasteiger partial charge is 0.130 e. The highest BCUT2D eigenvalue weighted by molar-refractivity contribution is 6.30. The minimum absolute atomic E-state index is 0.185. The number of aromatic nitrogens is 2. The zero-order valence-corrected chi connectivity index (χ0v) is 12.5. The van der Waals surface area contributed by atoms with Crippen molar-refractivity contribution in [2.45, 2.75) is 31.7 Å². The maximum absolute atomic E-state index is 6.31. The van der Waals surface area contributed by atoms with E-state index >= 15 is 0 Å². The van der Waals surface area contributed by atoms with Crippen molar-refractivity contribution in [2.75, 3.05) is 0 Å². The van der Waals surface area contributed by atoms with Gasteiger partial charge in [0.15, 0.2) is 0 Å². The number of nitrogens with zero attached hydrogens (tertiary/aromatic N) is 2. The molecule has 20 heavy (non-hydrogen) atoms. The van der Waals surface area contributed by atoms with Crippen molar-refractivity contribution in [1.29, 1.82) is 0 Å². The molecule has 0 bridgehead atoms. The average molecular weight is 291 g/mol. The molecule has 0 amide bonds. The Balaban J connectivity index is 1.83. The molecule has 0 saturated heterocycles. The molecular weight excluding hydrogens is 272 g/mol. The third-order valence-corrected chi connectivity index (χ3v) is 4.76. The molecule has 0 radical (unpaired) electrons. The largest absolute Gasteiger partial charge is 0.271 e. The molecule has 106 valence electrons. The first-order valence-electron chi connectivity index (χ1n) is 6.83. The van der Waals surface area contributed by atoms with E-state index in [-0.39, 0.29) is 6.04 Å². The van der Waals surface area contributed by atoms with Gasteiger partial charge in [0, 0.05) is 24.6 Å². The molecule has 1 aromatic heterocycles. The number of nitrogens with two attached hydrogens (primary N) is 1. The summed E-state index contributed by atoms with van der Waals surface area (Å²) in [4.78, 5) is 0. The van der Waals surface area contributed by atoms with E-state index in [9.17, 15) is 0 Å². The van der Waals surface area contributed by atoms with Crippen molar-refractivity contribution in [1.82, 2.24) is 15.2 Å². The molecule has 1 heterocycles. The molecule has 2 aromatic rings. The van der Waals surface area contributed by atoms with Gasteiger partial charge in [-0.2, -0.15) is 5.10 Å². The Hall–Kier alpha value is -1.36. The number of fused-ring (bicyclic) bond motifs is 1. The monoisotopic (exact) mass is 290 g/mol. The van der Waals surface area contributed by atoms with E-state index in [0.717, 1.165) is 24.1 Å². The number of hydrazine groups is 1. The molecule has 1 aliphatic carbocycles. The summed E-state index contributed by atoms with van der Waals surface area (Å²) in [5, 5.41) is 5.07. The van der Waals surface area contributed by atoms with Crippen molar-refractivity contribution in [2.24, 2.45) is 12.9 Å². The minimum atomic E-state index is 0.185. The predicted octanol–water partition coefficient (Wildman–Crippen LogP) is 2.10. The second-order valence-corrected chi connectivity index (χ2v) is 5.82. The first kappa shape index (κ1) is 13.6. The molecule has 1 aromatic carbocycles. The van der Waals surface area contributed by atoms with Crippen molar-refractivity contribution in [3.63, 3.8) is 0 Å². The van der Waals surface area contributed by atoms with Gasteiger partial charge in [0.25, 0.3) is 0 Å². The van der Waals surface area contributed by atoms with Crippen LogP contribution in [0.4, 0.5) is 0 Å². The second-order valence-electron chi connectivity index (χ2n) is 5.47. The SMILES string of the molecule is Cc1nn(C)c(Cl)c1CC(NN)C1Cc2ccccc21. The standard InChI is InChI=1S/C15H19ClN4/c1-9-12(15(16)20(2)19-9)8-14(18-17)13-7-10-5-3-4-6-11(10)13/h3-6,13-14,18H,7-8,17H2,1-2H3. The zero-order valence-electron chi connectivity index (χ0n) is 11.7. The Kier molecular flexibility index (Phi) is 3.54. The highest BCUT2D eigenvalue weighted by atomic mass is 35.5. The molecule has 5 heteroatoms. The highest BCUT2D eigenvalue weighted by Crippen LogP contribution is 2.38. The lowest BCUT2D eigenvalue weighted by Crippen LogP contribution is -2.45. The molecule has 0 saturated carbocycles. The fourth-order valence-corrected chi connectivity index (χ4v) is 3.35. The van der Waals surface area contributed by atoms with Crippen molar-refractivity contribution < 1.29 is 0 Å². The summed E-state index contributed by atoms with van der Waals surface area (Å²) in [5.41, 5.74) is 7.84. The summed E-state index contributed by atoms with van der Waals surface area (Å²) in [5.74, 6) is 6.23. The third kappa shape index (κ3) is 2.14. The number of aryl methyl sites for hydroxylation is 2. The minimum Gasteiger partial charge on any atom is -0.271 e. The lowest BCUT2D eigenvalue weighted by molar-refractivity contribution is 0.403. The van der Waals surface area contributed by atoms with Gasteiger partial charge in [-0.1, -0.05) is 35.9 Å². The van der Waals surface area contributed by atoms with Crippen LogP contribution in [-0.2, 0) is 19.9 Å². The van der Waals surface area contributed by atoms with Gasteiger partial charge in [0.1, 0.15) is 5.15 Å². The van der Waals surface area contributed by atoms with Crippen LogP contribution in [-0.4, -0.2) is 15.8 Å². The summed E-state index contributed by atoms with van der Waals surface area (Å²) in [6, 6.07) is 8.72. The van der Waals surface area contributed by atoms with Gasteiger partial charge in [-0.05, 0) is 30.9 Å². The van der Waals surface area contributed by atoms with Gasteiger partial charge >= 0.3 is 0 Å². The fraction of sp³-hybridized carbons (Fsp3) is 0.400. The van der Waals surface area contributed by atoms with Crippen LogP contribution >= 0.6 is 11.6 Å². The Labute approximate surface area is 123 Å². The summed E-state index contributed by atoms with van der Waals surface area (Å²) in [6.07, 6.45) is 1.87. The number of rotatable bonds is 4. The Morgan fingerprint density at radius 3 is 2.85 bits per heavy atom. The van der Waals surface area contributed by atoms with Crippen LogP contribution in [0.1, 0.15) is 28.3 Å². The van der Waals surface area contributed by atoms with Crippen LogP contribution in [0.3, 0.4) is 0 Å². The van der Waals surface area contributed by atoms with E-state index in [4.69, 9.17) is 17.4 Å². The molecule has 2 unspecified atom stereocenters. The number of nitrogens with one attached hydrogen (secondary N) is 1. The van der Waals surface area contributed by atoms with E-state index in [1.54, 1.807) is 4.68 Å². The maximum atomic E-state index is 6.31. The summed E-state index contributed by atoms with van der Waals surface area (Å²) in [6.45, 7) is 1.99. The topological polar surface area (TPSA) is 55.9 Å². The predicted molar refractivity (Wildman–Crippen MR) is 80.7 cm³/mol. The van der Waals surface area contributed by atoms with Crippen LogP contribution in [0.5, 0.6) is 0 Å². The Morgan fingerprint density at radius 2 is 2.25 bits per heavy atom. The quantitative estimate of drug-likeness (QED) is 0.670. The van der Waals surface area contributed by atoms with E-state index in [2.05, 4.69) is 34.8 Å². The van der Waals surface area contributed by atoms with E-state index in [1.165, 1.54) is 11.1 Å². The maximum Gasteiger partial charge on any atom is 0.130 e. The van der Waals surface area contributed by atoms with Gasteiger partial charge in [0.2, 0.25) is 0 Å². The first-order valence-corrected chi connectivity index (χ1v) is 7.21. The van der Waals surface area contributed by atoms with E-state index in [1.807, 2.05) is 14.0 Å². The highest BCUT2D eigenvalue weighted by Gasteiger charge is 2.33. The first-order chi connectivity index (χ1) is 9.61. The number of hydrogen-bond donors (Lipinski definition) is 2. The van der Waals surface area contributed by atoms with Crippen LogP contribution in [0, 0.1) is 6.92 Å². The van der Waals surface area contributed by atoms with Crippen molar-refractivity contribution in [3.8, 4) is 0 Å². The fourth-order valence-electron chi connectivity index (χ4n) is 3.10. The number of halogens is 1. The van der Waals surface area contributed by atoms with Crippen LogP contribution in [0.15, 0.2) is 24.3 Å². The van der Waals surface area contributed by atoms with Crippen LogP contribution in [0.25, 0.3) is 0 Å². The average Bonchev–Trinajstić information content (AvgIpc) is 2.65. The van der Waals surface area contributed by atoms with E-state index < -0.39 is 0 Å². The van der Waals surface area contributed by atoms with E-state index in [0.29, 0.717) is 11.1 Å². The normalized spacial score (nSPS) is 18.5. The van der Waals surface area contributed by atoms with Gasteiger partial charge in [-0.15, -0.1) is 0 Å². The van der Waals surface area contributed by atoms with Crippen LogP contribution in [0.2, 0.25) is 5.15 Å².